The van der Waals surface area contributed by atoms with Crippen molar-refractivity contribution in [3.8, 4) is 33.8 Å². The van der Waals surface area contributed by atoms with Crippen molar-refractivity contribution in [3.63, 3.8) is 0 Å². The van der Waals surface area contributed by atoms with Gasteiger partial charge < -0.3 is 19.7 Å². The van der Waals surface area contributed by atoms with Crippen LogP contribution in [0.5, 0.6) is 11.5 Å². The topological polar surface area (TPSA) is 58.9 Å². The number of aryl methyl sites for hydroxylation is 4. The second-order valence-corrected chi connectivity index (χ2v) is 9.86. The Kier molecular flexibility index (Phi) is 7.37. The van der Waals surface area contributed by atoms with Crippen molar-refractivity contribution < 1.29 is 19.7 Å². The van der Waals surface area contributed by atoms with E-state index in [0.29, 0.717) is 0 Å². The molecule has 194 valence electrons. The van der Waals surface area contributed by atoms with E-state index in [1.165, 1.54) is 32.7 Å². The van der Waals surface area contributed by atoms with Gasteiger partial charge in [-0.3, -0.25) is 0 Å². The molecule has 0 radical (unpaired) electrons. The van der Waals surface area contributed by atoms with E-state index in [9.17, 15) is 10.2 Å². The molecule has 5 aromatic carbocycles. The highest BCUT2D eigenvalue weighted by molar-refractivity contribution is 6.21. The van der Waals surface area contributed by atoms with Gasteiger partial charge in [-0.25, -0.2) is 0 Å². The van der Waals surface area contributed by atoms with Crippen LogP contribution in [0.4, 0.5) is 0 Å². The Morgan fingerprint density at radius 2 is 0.816 bits per heavy atom. The molecule has 0 spiro atoms. The van der Waals surface area contributed by atoms with Crippen LogP contribution >= 0.6 is 0 Å². The van der Waals surface area contributed by atoms with Crippen LogP contribution < -0.4 is 9.47 Å². The summed E-state index contributed by atoms with van der Waals surface area (Å²) in [6.07, 6.45) is 0. The van der Waals surface area contributed by atoms with Gasteiger partial charge in [0.1, 0.15) is 24.7 Å². The Morgan fingerprint density at radius 3 is 1.13 bits per heavy atom. The molecule has 0 aliphatic rings. The Hall–Kier alpha value is -3.86. The average Bonchev–Trinajstić information content (AvgIpc) is 2.91. The van der Waals surface area contributed by atoms with Crippen LogP contribution in [0.2, 0.25) is 0 Å². The highest BCUT2D eigenvalue weighted by Gasteiger charge is 2.20. The average molecular weight is 507 g/mol. The lowest BCUT2D eigenvalue weighted by molar-refractivity contribution is 0.200. The molecule has 0 aliphatic carbocycles. The first-order valence-electron chi connectivity index (χ1n) is 13.1. The molecule has 0 aliphatic heterocycles. The molecular formula is C34H34O4. The van der Waals surface area contributed by atoms with Crippen molar-refractivity contribution in [2.45, 2.75) is 27.7 Å². The minimum absolute atomic E-state index is 0.0171. The molecule has 5 rings (SSSR count). The fourth-order valence-corrected chi connectivity index (χ4v) is 5.68. The van der Waals surface area contributed by atoms with E-state index in [4.69, 9.17) is 9.47 Å². The van der Waals surface area contributed by atoms with Gasteiger partial charge in [0.05, 0.1) is 13.2 Å². The minimum Gasteiger partial charge on any atom is -0.491 e. The van der Waals surface area contributed by atoms with Gasteiger partial charge in [0.25, 0.3) is 0 Å². The molecule has 0 atom stereocenters. The lowest BCUT2D eigenvalue weighted by Gasteiger charge is -2.21. The molecule has 0 unspecified atom stereocenters. The van der Waals surface area contributed by atoms with Crippen molar-refractivity contribution in [3.05, 3.63) is 95.1 Å². The van der Waals surface area contributed by atoms with Crippen LogP contribution in [0.3, 0.4) is 0 Å². The summed E-state index contributed by atoms with van der Waals surface area (Å²) in [4.78, 5) is 0. The van der Waals surface area contributed by atoms with Crippen LogP contribution in [-0.4, -0.2) is 36.6 Å². The van der Waals surface area contributed by atoms with Gasteiger partial charge in [0.15, 0.2) is 0 Å². The number of aliphatic hydroxyl groups excluding tert-OH is 2. The number of fused-ring (bicyclic) bond motifs is 3. The normalized spacial score (nSPS) is 11.3. The van der Waals surface area contributed by atoms with Gasteiger partial charge in [-0.05, 0) is 118 Å². The Labute approximate surface area is 224 Å². The molecule has 2 N–H and O–H groups in total. The molecule has 4 heteroatoms. The van der Waals surface area contributed by atoms with Crippen molar-refractivity contribution >= 4 is 21.5 Å². The number of benzene rings is 5. The molecule has 0 fully saturated rings. The first-order valence-corrected chi connectivity index (χ1v) is 13.1. The molecule has 38 heavy (non-hydrogen) atoms. The molecule has 0 amide bonds. The van der Waals surface area contributed by atoms with Gasteiger partial charge in [-0.15, -0.1) is 0 Å². The van der Waals surface area contributed by atoms with Crippen molar-refractivity contribution in [1.82, 2.24) is 0 Å². The molecule has 0 bridgehead atoms. The summed E-state index contributed by atoms with van der Waals surface area (Å²) in [6, 6.07) is 26.0. The van der Waals surface area contributed by atoms with Gasteiger partial charge in [-0.2, -0.15) is 0 Å². The maximum Gasteiger partial charge on any atom is 0.125 e. The van der Waals surface area contributed by atoms with Crippen LogP contribution in [0.1, 0.15) is 22.3 Å². The quantitative estimate of drug-likeness (QED) is 0.217. The smallest absolute Gasteiger partial charge is 0.125 e. The summed E-state index contributed by atoms with van der Waals surface area (Å²) < 4.78 is 11.8. The largest absolute Gasteiger partial charge is 0.491 e. The number of aliphatic hydroxyl groups is 2. The third-order valence-electron chi connectivity index (χ3n) is 7.11. The van der Waals surface area contributed by atoms with Gasteiger partial charge >= 0.3 is 0 Å². The van der Waals surface area contributed by atoms with Gasteiger partial charge in [0.2, 0.25) is 0 Å². The SMILES string of the molecule is Cc1cc(-c2c(-c3cc(C)c(OCCO)c(C)c3)c3ccccc3c3ccccc23)cc(C)c1OCCO. The first kappa shape index (κ1) is 25.8. The predicted molar refractivity (Wildman–Crippen MR) is 156 cm³/mol. The van der Waals surface area contributed by atoms with Crippen LogP contribution in [-0.2, 0) is 0 Å². The fraction of sp³-hybridized carbons (Fsp3) is 0.235. The van der Waals surface area contributed by atoms with Crippen LogP contribution in [0.15, 0.2) is 72.8 Å². The van der Waals surface area contributed by atoms with E-state index in [2.05, 4.69) is 100 Å². The standard InChI is InChI=1S/C34H34O4/c1-21-17-25(18-22(2)33(21)37-15-13-35)31-29-11-7-5-9-27(29)28-10-6-8-12-30(28)32(31)26-19-23(3)34(24(4)20-26)38-16-14-36/h5-12,17-20,35-36H,13-16H2,1-4H3. The summed E-state index contributed by atoms with van der Waals surface area (Å²) in [7, 11) is 0. The van der Waals surface area contributed by atoms with Crippen molar-refractivity contribution in [2.75, 3.05) is 26.4 Å². The van der Waals surface area contributed by atoms with Crippen LogP contribution in [0.25, 0.3) is 43.8 Å². The maximum atomic E-state index is 9.29. The Morgan fingerprint density at radius 1 is 0.500 bits per heavy atom. The summed E-state index contributed by atoms with van der Waals surface area (Å²) in [5, 5.41) is 23.4. The zero-order valence-corrected chi connectivity index (χ0v) is 22.5. The monoisotopic (exact) mass is 506 g/mol. The zero-order chi connectivity index (χ0) is 26.8. The molecular weight excluding hydrogens is 472 g/mol. The molecule has 5 aromatic rings. The molecule has 0 saturated heterocycles. The third kappa shape index (κ3) is 4.62. The fourth-order valence-electron chi connectivity index (χ4n) is 5.68. The summed E-state index contributed by atoms with van der Waals surface area (Å²) >= 11 is 0. The third-order valence-corrected chi connectivity index (χ3v) is 7.11. The van der Waals surface area contributed by atoms with E-state index in [0.717, 1.165) is 44.9 Å². The highest BCUT2D eigenvalue weighted by atomic mass is 16.5. The number of hydrogen-bond donors (Lipinski definition) is 2. The number of rotatable bonds is 8. The van der Waals surface area contributed by atoms with Crippen LogP contribution in [0, 0.1) is 27.7 Å². The molecule has 0 saturated carbocycles. The Balaban J connectivity index is 1.87. The van der Waals surface area contributed by atoms with Crippen molar-refractivity contribution in [2.24, 2.45) is 0 Å². The molecule has 4 nitrogen and oxygen atoms in total. The zero-order valence-electron chi connectivity index (χ0n) is 22.5. The lowest BCUT2D eigenvalue weighted by Crippen LogP contribution is -2.05. The van der Waals surface area contributed by atoms with E-state index in [1.54, 1.807) is 0 Å². The number of ether oxygens (including phenoxy) is 2. The summed E-state index contributed by atoms with van der Waals surface area (Å²) in [5.74, 6) is 1.65. The Bertz CT molecular complexity index is 1470. The molecule has 0 aromatic heterocycles. The maximum absolute atomic E-state index is 9.29. The summed E-state index contributed by atoms with van der Waals surface area (Å²) in [6.45, 7) is 8.76. The minimum atomic E-state index is -0.0171. The lowest BCUT2D eigenvalue weighted by atomic mass is 9.83. The van der Waals surface area contributed by atoms with Gasteiger partial charge in [-0.1, -0.05) is 48.5 Å². The summed E-state index contributed by atoms with van der Waals surface area (Å²) in [5.41, 5.74) is 8.78. The molecule has 0 heterocycles. The number of hydrogen-bond acceptors (Lipinski definition) is 4. The second kappa shape index (κ2) is 10.9. The second-order valence-electron chi connectivity index (χ2n) is 9.86. The van der Waals surface area contributed by atoms with Crippen molar-refractivity contribution in [1.29, 1.82) is 0 Å². The first-order chi connectivity index (χ1) is 18.4. The van der Waals surface area contributed by atoms with Gasteiger partial charge in [0, 0.05) is 0 Å². The van der Waals surface area contributed by atoms with E-state index in [-0.39, 0.29) is 26.4 Å². The highest BCUT2D eigenvalue weighted by Crippen LogP contribution is 2.46. The predicted octanol–water partition coefficient (Wildman–Crippen LogP) is 7.30. The van der Waals surface area contributed by atoms with E-state index < -0.39 is 0 Å². The van der Waals surface area contributed by atoms with E-state index >= 15 is 0 Å². The van der Waals surface area contributed by atoms with E-state index in [1.807, 2.05) is 0 Å².